The number of nitrogens with zero attached hydrogens (tertiary/aromatic N) is 1. The number of esters is 1. The highest BCUT2D eigenvalue weighted by molar-refractivity contribution is 5.94. The van der Waals surface area contributed by atoms with Gasteiger partial charge in [0.25, 0.3) is 5.69 Å². The molecule has 1 atom stereocenters. The van der Waals surface area contributed by atoms with E-state index < -0.39 is 16.5 Å². The van der Waals surface area contributed by atoms with Crippen LogP contribution in [-0.2, 0) is 4.74 Å². The van der Waals surface area contributed by atoms with Gasteiger partial charge in [0.1, 0.15) is 11.2 Å². The summed E-state index contributed by atoms with van der Waals surface area (Å²) < 4.78 is 5.14. The van der Waals surface area contributed by atoms with Gasteiger partial charge in [-0.15, -0.1) is 0 Å². The molecule has 104 valence electrons. The first-order valence-corrected chi connectivity index (χ1v) is 5.89. The summed E-state index contributed by atoms with van der Waals surface area (Å²) in [6.07, 6.45) is 0. The monoisotopic (exact) mass is 266 g/mol. The van der Waals surface area contributed by atoms with E-state index in [1.807, 2.05) is 0 Å². The van der Waals surface area contributed by atoms with Crippen LogP contribution < -0.4 is 5.73 Å². The minimum Gasteiger partial charge on any atom is -0.456 e. The maximum atomic E-state index is 11.9. The van der Waals surface area contributed by atoms with Crippen molar-refractivity contribution >= 4 is 11.7 Å². The van der Waals surface area contributed by atoms with Gasteiger partial charge in [-0.1, -0.05) is 6.07 Å². The highest BCUT2D eigenvalue weighted by atomic mass is 16.6. The van der Waals surface area contributed by atoms with Crippen LogP contribution in [0.15, 0.2) is 18.2 Å². The standard InChI is InChI=1S/C13H18N2O4/c1-8(14)9-5-6-10(11(7-9)15(17)18)12(16)19-13(2,3)4/h5-8H,14H2,1-4H3/t8-/m1/s1. The number of nitro groups is 1. The molecule has 0 amide bonds. The van der Waals surface area contributed by atoms with Crippen LogP contribution in [0.25, 0.3) is 0 Å². The van der Waals surface area contributed by atoms with Crippen molar-refractivity contribution in [2.45, 2.75) is 39.3 Å². The van der Waals surface area contributed by atoms with Crippen molar-refractivity contribution in [3.8, 4) is 0 Å². The van der Waals surface area contributed by atoms with E-state index in [4.69, 9.17) is 10.5 Å². The van der Waals surface area contributed by atoms with Crippen molar-refractivity contribution in [1.29, 1.82) is 0 Å². The average Bonchev–Trinajstić information content (AvgIpc) is 2.25. The van der Waals surface area contributed by atoms with Gasteiger partial charge in [-0.25, -0.2) is 4.79 Å². The van der Waals surface area contributed by atoms with Crippen molar-refractivity contribution in [1.82, 2.24) is 0 Å². The number of nitrogens with two attached hydrogens (primary N) is 1. The molecule has 0 fully saturated rings. The topological polar surface area (TPSA) is 95.5 Å². The summed E-state index contributed by atoms with van der Waals surface area (Å²) in [4.78, 5) is 22.3. The lowest BCUT2D eigenvalue weighted by molar-refractivity contribution is -0.385. The van der Waals surface area contributed by atoms with Gasteiger partial charge in [0.2, 0.25) is 0 Å². The van der Waals surface area contributed by atoms with Crippen LogP contribution in [-0.4, -0.2) is 16.5 Å². The fraction of sp³-hybridized carbons (Fsp3) is 0.462. The maximum Gasteiger partial charge on any atom is 0.345 e. The van der Waals surface area contributed by atoms with E-state index in [0.717, 1.165) is 0 Å². The molecule has 0 saturated carbocycles. The van der Waals surface area contributed by atoms with Gasteiger partial charge >= 0.3 is 5.97 Å². The zero-order chi connectivity index (χ0) is 14.8. The Labute approximate surface area is 111 Å². The molecule has 0 aliphatic rings. The lowest BCUT2D eigenvalue weighted by atomic mass is 10.0. The van der Waals surface area contributed by atoms with Gasteiger partial charge in [0.05, 0.1) is 4.92 Å². The van der Waals surface area contributed by atoms with Crippen LogP contribution in [0, 0.1) is 10.1 Å². The van der Waals surface area contributed by atoms with Crippen LogP contribution in [0.3, 0.4) is 0 Å². The molecule has 2 N–H and O–H groups in total. The lowest BCUT2D eigenvalue weighted by Gasteiger charge is -2.19. The number of carbonyl (C=O) groups is 1. The molecule has 19 heavy (non-hydrogen) atoms. The van der Waals surface area contributed by atoms with Gasteiger partial charge in [-0.3, -0.25) is 10.1 Å². The summed E-state index contributed by atoms with van der Waals surface area (Å²) in [7, 11) is 0. The van der Waals surface area contributed by atoms with E-state index in [1.54, 1.807) is 33.8 Å². The third kappa shape index (κ3) is 4.03. The number of carbonyl (C=O) groups excluding carboxylic acids is 1. The summed E-state index contributed by atoms with van der Waals surface area (Å²) in [6.45, 7) is 6.82. The Balaban J connectivity index is 3.21. The SMILES string of the molecule is C[C@@H](N)c1ccc(C(=O)OC(C)(C)C)c([N+](=O)[O-])c1. The molecule has 0 spiro atoms. The number of benzene rings is 1. The summed E-state index contributed by atoms with van der Waals surface area (Å²) in [6, 6.07) is 3.94. The first-order valence-electron chi connectivity index (χ1n) is 5.89. The Kier molecular flexibility index (Phi) is 4.26. The molecule has 1 rings (SSSR count). The van der Waals surface area contributed by atoms with Crippen molar-refractivity contribution < 1.29 is 14.5 Å². The molecule has 0 heterocycles. The van der Waals surface area contributed by atoms with E-state index in [9.17, 15) is 14.9 Å². The van der Waals surface area contributed by atoms with Crippen molar-refractivity contribution in [3.63, 3.8) is 0 Å². The lowest BCUT2D eigenvalue weighted by Crippen LogP contribution is -2.24. The van der Waals surface area contributed by atoms with Crippen LogP contribution in [0.1, 0.15) is 49.7 Å². The highest BCUT2D eigenvalue weighted by Crippen LogP contribution is 2.25. The van der Waals surface area contributed by atoms with E-state index in [2.05, 4.69) is 0 Å². The molecule has 1 aromatic rings. The van der Waals surface area contributed by atoms with E-state index >= 15 is 0 Å². The van der Waals surface area contributed by atoms with E-state index in [1.165, 1.54) is 12.1 Å². The molecular weight excluding hydrogens is 248 g/mol. The average molecular weight is 266 g/mol. The van der Waals surface area contributed by atoms with Crippen molar-refractivity contribution in [2.24, 2.45) is 5.73 Å². The predicted molar refractivity (Wildman–Crippen MR) is 70.9 cm³/mol. The molecule has 6 nitrogen and oxygen atoms in total. The normalized spacial score (nSPS) is 12.9. The summed E-state index contributed by atoms with van der Waals surface area (Å²) in [5, 5.41) is 11.0. The molecule has 0 aliphatic heterocycles. The largest absolute Gasteiger partial charge is 0.456 e. The molecule has 0 bridgehead atoms. The fourth-order valence-electron chi connectivity index (χ4n) is 1.49. The maximum absolute atomic E-state index is 11.9. The Morgan fingerprint density at radius 3 is 2.42 bits per heavy atom. The first kappa shape index (κ1) is 15.1. The number of hydrogen-bond donors (Lipinski definition) is 1. The van der Waals surface area contributed by atoms with E-state index in [0.29, 0.717) is 5.56 Å². The second-order valence-corrected chi connectivity index (χ2v) is 5.32. The number of nitro benzene ring substituents is 1. The molecule has 0 radical (unpaired) electrons. The van der Waals surface area contributed by atoms with Crippen molar-refractivity contribution in [3.05, 3.63) is 39.4 Å². The van der Waals surface area contributed by atoms with E-state index in [-0.39, 0.29) is 17.3 Å². The molecule has 0 saturated heterocycles. The summed E-state index contributed by atoms with van der Waals surface area (Å²) in [5.74, 6) is -0.713. The van der Waals surface area contributed by atoms with Gasteiger partial charge in [-0.2, -0.15) is 0 Å². The third-order valence-corrected chi connectivity index (χ3v) is 2.36. The fourth-order valence-corrected chi connectivity index (χ4v) is 1.49. The van der Waals surface area contributed by atoms with Gasteiger partial charge in [0, 0.05) is 12.1 Å². The smallest absolute Gasteiger partial charge is 0.345 e. The number of hydrogen-bond acceptors (Lipinski definition) is 5. The molecule has 0 aliphatic carbocycles. The van der Waals surface area contributed by atoms with Gasteiger partial charge in [0.15, 0.2) is 0 Å². The predicted octanol–water partition coefficient (Wildman–Crippen LogP) is 2.57. The minimum atomic E-state index is -0.713. The van der Waals surface area contributed by atoms with Gasteiger partial charge < -0.3 is 10.5 Å². The molecule has 1 aromatic carbocycles. The van der Waals surface area contributed by atoms with Crippen LogP contribution in [0.2, 0.25) is 0 Å². The van der Waals surface area contributed by atoms with Crippen LogP contribution >= 0.6 is 0 Å². The minimum absolute atomic E-state index is 0.0654. The van der Waals surface area contributed by atoms with Crippen molar-refractivity contribution in [2.75, 3.05) is 0 Å². The Hall–Kier alpha value is -1.95. The molecule has 0 unspecified atom stereocenters. The van der Waals surface area contributed by atoms with Crippen LogP contribution in [0.4, 0.5) is 5.69 Å². The third-order valence-electron chi connectivity index (χ3n) is 2.36. The van der Waals surface area contributed by atoms with Crippen LogP contribution in [0.5, 0.6) is 0 Å². The molecule has 6 heteroatoms. The number of ether oxygens (including phenoxy) is 1. The first-order chi connectivity index (χ1) is 8.61. The second-order valence-electron chi connectivity index (χ2n) is 5.32. The summed E-state index contributed by atoms with van der Waals surface area (Å²) in [5.41, 5.74) is 5.21. The molecular formula is C13H18N2O4. The zero-order valence-electron chi connectivity index (χ0n) is 11.5. The summed E-state index contributed by atoms with van der Waals surface area (Å²) >= 11 is 0. The molecule has 0 aromatic heterocycles. The highest BCUT2D eigenvalue weighted by Gasteiger charge is 2.26. The zero-order valence-corrected chi connectivity index (χ0v) is 11.5. The van der Waals surface area contributed by atoms with Gasteiger partial charge in [-0.05, 0) is 39.3 Å². The quantitative estimate of drug-likeness (QED) is 0.515. The Morgan fingerprint density at radius 1 is 1.42 bits per heavy atom. The number of rotatable bonds is 3. The Bertz CT molecular complexity index is 504. The second kappa shape index (κ2) is 5.36. The Morgan fingerprint density at radius 2 is 2.00 bits per heavy atom.